The first-order chi connectivity index (χ1) is 12.7. The fourth-order valence-corrected chi connectivity index (χ4v) is 2.95. The summed E-state index contributed by atoms with van der Waals surface area (Å²) in [6.07, 6.45) is 1.13. The Hall–Kier alpha value is -3.00. The minimum Gasteiger partial charge on any atom is -0.493 e. The lowest BCUT2D eigenvalue weighted by Gasteiger charge is -2.25. The second-order valence-corrected chi connectivity index (χ2v) is 6.26. The van der Waals surface area contributed by atoms with Gasteiger partial charge in [-0.2, -0.15) is 5.26 Å². The first-order valence-electron chi connectivity index (χ1n) is 8.71. The molecule has 1 aliphatic heterocycles. The van der Waals surface area contributed by atoms with Crippen LogP contribution >= 0.6 is 0 Å². The normalized spacial score (nSPS) is 15.3. The van der Waals surface area contributed by atoms with Crippen molar-refractivity contribution in [2.75, 3.05) is 13.2 Å². The molecule has 26 heavy (non-hydrogen) atoms. The molecule has 134 valence electrons. The van der Waals surface area contributed by atoms with Crippen molar-refractivity contribution in [3.05, 3.63) is 59.2 Å². The van der Waals surface area contributed by atoms with Gasteiger partial charge >= 0.3 is 5.97 Å². The molecule has 1 unspecified atom stereocenters. The van der Waals surface area contributed by atoms with E-state index in [9.17, 15) is 4.79 Å². The summed E-state index contributed by atoms with van der Waals surface area (Å²) in [6.45, 7) is 3.16. The molecular weight excluding hydrogens is 330 g/mol. The third kappa shape index (κ3) is 4.54. The number of benzene rings is 2. The molecule has 5 heteroatoms. The van der Waals surface area contributed by atoms with E-state index in [0.29, 0.717) is 31.8 Å². The number of esters is 1. The monoisotopic (exact) mass is 351 g/mol. The zero-order valence-corrected chi connectivity index (χ0v) is 14.7. The van der Waals surface area contributed by atoms with Crippen LogP contribution in [-0.4, -0.2) is 19.2 Å². The third-order valence-corrected chi connectivity index (χ3v) is 4.26. The first-order valence-corrected chi connectivity index (χ1v) is 8.71. The number of carbonyl (C=O) groups is 1. The van der Waals surface area contributed by atoms with Crippen LogP contribution in [0.2, 0.25) is 0 Å². The molecule has 0 spiro atoms. The van der Waals surface area contributed by atoms with Gasteiger partial charge in [-0.1, -0.05) is 12.1 Å². The van der Waals surface area contributed by atoms with Crippen LogP contribution < -0.4 is 9.47 Å². The Morgan fingerprint density at radius 1 is 1.27 bits per heavy atom. The molecule has 0 bridgehead atoms. The largest absolute Gasteiger partial charge is 0.493 e. The Balaban J connectivity index is 1.61. The minimum absolute atomic E-state index is 0.121. The van der Waals surface area contributed by atoms with Crippen LogP contribution in [0.25, 0.3) is 0 Å². The molecule has 0 fully saturated rings. The van der Waals surface area contributed by atoms with Crippen molar-refractivity contribution in [1.82, 2.24) is 0 Å². The SMILES string of the molecule is CCOC(=O)CC1COc2ccc(OCc3ccc(C#N)cc3)cc2C1. The van der Waals surface area contributed by atoms with Crippen LogP contribution in [0.1, 0.15) is 30.0 Å². The van der Waals surface area contributed by atoms with Gasteiger partial charge in [0.25, 0.3) is 0 Å². The van der Waals surface area contributed by atoms with Gasteiger partial charge in [-0.05, 0) is 54.8 Å². The molecule has 5 nitrogen and oxygen atoms in total. The Morgan fingerprint density at radius 3 is 2.81 bits per heavy atom. The van der Waals surface area contributed by atoms with Crippen molar-refractivity contribution in [2.24, 2.45) is 5.92 Å². The smallest absolute Gasteiger partial charge is 0.306 e. The van der Waals surface area contributed by atoms with E-state index in [1.165, 1.54) is 0 Å². The summed E-state index contributed by atoms with van der Waals surface area (Å²) in [7, 11) is 0. The fraction of sp³-hybridized carbons (Fsp3) is 0.333. The van der Waals surface area contributed by atoms with Gasteiger partial charge < -0.3 is 14.2 Å². The van der Waals surface area contributed by atoms with Gasteiger partial charge in [0.15, 0.2) is 0 Å². The quantitative estimate of drug-likeness (QED) is 0.743. The van der Waals surface area contributed by atoms with Crippen molar-refractivity contribution in [3.8, 4) is 17.6 Å². The Labute approximate surface area is 153 Å². The summed E-state index contributed by atoms with van der Waals surface area (Å²) in [4.78, 5) is 11.7. The first kappa shape index (κ1) is 17.8. The van der Waals surface area contributed by atoms with Crippen LogP contribution in [0.3, 0.4) is 0 Å². The average molecular weight is 351 g/mol. The number of hydrogen-bond donors (Lipinski definition) is 0. The maximum absolute atomic E-state index is 11.7. The highest BCUT2D eigenvalue weighted by atomic mass is 16.5. The van der Waals surface area contributed by atoms with E-state index in [1.54, 1.807) is 12.1 Å². The van der Waals surface area contributed by atoms with Crippen LogP contribution in [0, 0.1) is 17.2 Å². The van der Waals surface area contributed by atoms with E-state index >= 15 is 0 Å². The van der Waals surface area contributed by atoms with Crippen LogP contribution in [0.4, 0.5) is 0 Å². The summed E-state index contributed by atoms with van der Waals surface area (Å²) in [5, 5.41) is 8.83. The number of hydrogen-bond acceptors (Lipinski definition) is 5. The molecular formula is C21H21NO4. The standard InChI is InChI=1S/C21H21NO4/c1-2-24-21(23)10-17-9-18-11-19(7-8-20(18)26-14-17)25-13-16-5-3-15(12-22)4-6-16/h3-8,11,17H,2,9-10,13-14H2,1H3. The molecule has 0 N–H and O–H groups in total. The van der Waals surface area contributed by atoms with E-state index in [-0.39, 0.29) is 11.9 Å². The van der Waals surface area contributed by atoms with Crippen molar-refractivity contribution in [2.45, 2.75) is 26.4 Å². The molecule has 2 aromatic rings. The molecule has 0 saturated carbocycles. The number of carbonyl (C=O) groups excluding carboxylic acids is 1. The second kappa shape index (κ2) is 8.39. The molecule has 2 aromatic carbocycles. The number of nitrogens with zero attached hydrogens (tertiary/aromatic N) is 1. The molecule has 1 atom stereocenters. The van der Waals surface area contributed by atoms with Crippen LogP contribution in [0.15, 0.2) is 42.5 Å². The number of fused-ring (bicyclic) bond motifs is 1. The number of rotatable bonds is 6. The maximum atomic E-state index is 11.7. The molecule has 0 aromatic heterocycles. The lowest BCUT2D eigenvalue weighted by atomic mass is 9.94. The Morgan fingerprint density at radius 2 is 2.08 bits per heavy atom. The topological polar surface area (TPSA) is 68.6 Å². The van der Waals surface area contributed by atoms with Gasteiger partial charge in [0.2, 0.25) is 0 Å². The van der Waals surface area contributed by atoms with Crippen molar-refractivity contribution in [1.29, 1.82) is 5.26 Å². The Kier molecular flexibility index (Phi) is 5.75. The molecule has 0 saturated heterocycles. The van der Waals surface area contributed by atoms with Crippen molar-refractivity contribution in [3.63, 3.8) is 0 Å². The Bertz CT molecular complexity index is 808. The highest BCUT2D eigenvalue weighted by Crippen LogP contribution is 2.32. The van der Waals surface area contributed by atoms with Gasteiger partial charge in [0, 0.05) is 5.92 Å². The number of ether oxygens (including phenoxy) is 3. The van der Waals surface area contributed by atoms with Gasteiger partial charge in [-0.15, -0.1) is 0 Å². The summed E-state index contributed by atoms with van der Waals surface area (Å²) in [5.74, 6) is 1.54. The lowest BCUT2D eigenvalue weighted by Crippen LogP contribution is -2.24. The predicted molar refractivity (Wildman–Crippen MR) is 95.9 cm³/mol. The minimum atomic E-state index is -0.183. The second-order valence-electron chi connectivity index (χ2n) is 6.26. The lowest BCUT2D eigenvalue weighted by molar-refractivity contribution is -0.144. The van der Waals surface area contributed by atoms with Crippen molar-refractivity contribution < 1.29 is 19.0 Å². The van der Waals surface area contributed by atoms with E-state index < -0.39 is 0 Å². The maximum Gasteiger partial charge on any atom is 0.306 e. The van der Waals surface area contributed by atoms with E-state index in [1.807, 2.05) is 37.3 Å². The van der Waals surface area contributed by atoms with Crippen LogP contribution in [-0.2, 0) is 22.6 Å². The molecule has 0 radical (unpaired) electrons. The van der Waals surface area contributed by atoms with Crippen molar-refractivity contribution >= 4 is 5.97 Å². The highest BCUT2D eigenvalue weighted by Gasteiger charge is 2.23. The highest BCUT2D eigenvalue weighted by molar-refractivity contribution is 5.69. The number of nitriles is 1. The van der Waals surface area contributed by atoms with Gasteiger partial charge in [0.1, 0.15) is 18.1 Å². The average Bonchev–Trinajstić information content (AvgIpc) is 2.66. The van der Waals surface area contributed by atoms with Crippen LogP contribution in [0.5, 0.6) is 11.5 Å². The van der Waals surface area contributed by atoms with Gasteiger partial charge in [0.05, 0.1) is 31.3 Å². The summed E-state index contributed by atoms with van der Waals surface area (Å²) >= 11 is 0. The van der Waals surface area contributed by atoms with Gasteiger partial charge in [-0.3, -0.25) is 4.79 Å². The summed E-state index contributed by atoms with van der Waals surface area (Å²) in [5.41, 5.74) is 2.67. The zero-order chi connectivity index (χ0) is 18.4. The van der Waals surface area contributed by atoms with E-state index in [4.69, 9.17) is 19.5 Å². The third-order valence-electron chi connectivity index (χ3n) is 4.26. The molecule has 0 amide bonds. The molecule has 1 aliphatic rings. The summed E-state index contributed by atoms with van der Waals surface area (Å²) < 4.78 is 16.6. The zero-order valence-electron chi connectivity index (χ0n) is 14.7. The van der Waals surface area contributed by atoms with E-state index in [2.05, 4.69) is 6.07 Å². The predicted octanol–water partition coefficient (Wildman–Crippen LogP) is 3.64. The van der Waals surface area contributed by atoms with E-state index in [0.717, 1.165) is 29.0 Å². The summed E-state index contributed by atoms with van der Waals surface area (Å²) in [6, 6.07) is 15.2. The van der Waals surface area contributed by atoms with Gasteiger partial charge in [-0.25, -0.2) is 0 Å². The molecule has 0 aliphatic carbocycles. The molecule has 1 heterocycles. The molecule has 3 rings (SSSR count). The fourth-order valence-electron chi connectivity index (χ4n) is 2.95.